The van der Waals surface area contributed by atoms with Crippen LogP contribution in [0.4, 0.5) is 0 Å². The summed E-state index contributed by atoms with van der Waals surface area (Å²) in [5, 5.41) is 71.5. The number of hydrogen-bond acceptors (Lipinski definition) is 14. The molecule has 0 heterocycles. The van der Waals surface area contributed by atoms with Gasteiger partial charge < -0.3 is 69.3 Å². The summed E-state index contributed by atoms with van der Waals surface area (Å²) in [5.41, 5.74) is -0.774. The van der Waals surface area contributed by atoms with Crippen molar-refractivity contribution in [2.45, 2.75) is 50.1 Å². The van der Waals surface area contributed by atoms with Crippen LogP contribution in [-0.2, 0) is 28.4 Å². The molecular formula is C25H52O14Rf2-4. The third kappa shape index (κ3) is 33.5. The van der Waals surface area contributed by atoms with Gasteiger partial charge in [-0.25, -0.2) is 28.4 Å². The second-order valence-electron chi connectivity index (χ2n) is 8.68. The zero-order valence-electron chi connectivity index (χ0n) is 24.4. The van der Waals surface area contributed by atoms with Crippen molar-refractivity contribution in [3.8, 4) is 0 Å². The largest absolute Gasteiger partial charge is 0.554 e. The minimum atomic E-state index is -0.774. The molecular weight excluding hydrogens is 1060 g/mol. The van der Waals surface area contributed by atoms with Gasteiger partial charge in [-0.05, 0) is 25.7 Å². The molecule has 0 fully saturated rings. The van der Waals surface area contributed by atoms with Crippen molar-refractivity contribution in [2.24, 2.45) is 5.41 Å². The van der Waals surface area contributed by atoms with Crippen molar-refractivity contribution in [2.75, 3.05) is 79.3 Å². The predicted octanol–water partition coefficient (Wildman–Crippen LogP) is -1.82. The summed E-state index contributed by atoms with van der Waals surface area (Å²) in [4.78, 5) is 0. The Morgan fingerprint density at radius 3 is 1.05 bits per heavy atom. The molecule has 0 saturated carbocycles. The molecule has 4 unspecified atom stereocenters. The standard InChI is InChI=1S/2C9H19O5.C7H14O4.2Rf/c2*1-13-5-9(12)7-14-6-8(11)3-2-4-10;1-10-5-7(3-8,4-9)6-11-2;;/h2*8-12H,1-7H2;8-9H,1-6H2;;/q2*-1;-2;;. The van der Waals surface area contributed by atoms with E-state index in [9.17, 15) is 10.2 Å². The van der Waals surface area contributed by atoms with E-state index >= 15 is 0 Å². The molecule has 16 heteroatoms. The topological polar surface area (TPSA) is 217 Å². The zero-order valence-corrected chi connectivity index (χ0v) is 37.2. The van der Waals surface area contributed by atoms with E-state index in [4.69, 9.17) is 40.1 Å². The van der Waals surface area contributed by atoms with E-state index in [-0.39, 0.29) is 79.3 Å². The number of ether oxygens (including phenoxy) is 6. The van der Waals surface area contributed by atoms with E-state index in [1.807, 2.05) is 0 Å². The molecule has 0 aromatic rings. The van der Waals surface area contributed by atoms with Crippen molar-refractivity contribution in [1.82, 2.24) is 0 Å². The average molecular weight is 1110 g/mol. The fourth-order valence-corrected chi connectivity index (χ4v) is 2.58. The molecule has 244 valence electrons. The summed E-state index contributed by atoms with van der Waals surface area (Å²) in [6, 6.07) is 0. The van der Waals surface area contributed by atoms with Gasteiger partial charge in [0.2, 0.25) is 0 Å². The van der Waals surface area contributed by atoms with Crippen LogP contribution in [0.2, 0.25) is 0 Å². The van der Waals surface area contributed by atoms with Crippen LogP contribution in [-0.4, -0.2) is 145 Å². The molecule has 0 spiro atoms. The third-order valence-corrected chi connectivity index (χ3v) is 4.74. The molecule has 0 saturated heterocycles. The van der Waals surface area contributed by atoms with Gasteiger partial charge in [-0.2, -0.15) is 0 Å². The van der Waals surface area contributed by atoms with Gasteiger partial charge in [-0.3, -0.25) is 0 Å². The molecule has 0 aromatic carbocycles. The quantitative estimate of drug-likeness (QED) is 0.0501. The van der Waals surface area contributed by atoms with Gasteiger partial charge in [0.1, 0.15) is 0 Å². The molecule has 0 aliphatic rings. The minimum Gasteiger partial charge on any atom is -0.554 e. The molecule has 0 rings (SSSR count). The van der Waals surface area contributed by atoms with Crippen LogP contribution in [0.25, 0.3) is 0 Å². The minimum absolute atomic E-state index is 0. The number of rotatable bonds is 24. The Bertz CT molecular complexity index is 432. The predicted molar refractivity (Wildman–Crippen MR) is 140 cm³/mol. The van der Waals surface area contributed by atoms with Crippen LogP contribution in [0.5, 0.6) is 0 Å². The molecule has 14 nitrogen and oxygen atoms in total. The summed E-state index contributed by atoms with van der Waals surface area (Å²) in [6.07, 6.45) is -0.499. The van der Waals surface area contributed by atoms with Crippen LogP contribution in [0.15, 0.2) is 0 Å². The van der Waals surface area contributed by atoms with Gasteiger partial charge >= 0.3 is 0 Å². The van der Waals surface area contributed by atoms with E-state index in [0.29, 0.717) is 25.7 Å². The van der Waals surface area contributed by atoms with Crippen molar-refractivity contribution in [3.05, 3.63) is 28.4 Å². The second kappa shape index (κ2) is 35.5. The van der Waals surface area contributed by atoms with Gasteiger partial charge in [-0.1, -0.05) is 0 Å². The summed E-state index contributed by atoms with van der Waals surface area (Å²) >= 11 is 0. The molecule has 41 heavy (non-hydrogen) atoms. The third-order valence-electron chi connectivity index (χ3n) is 4.74. The first kappa shape index (κ1) is 48.2. The van der Waals surface area contributed by atoms with E-state index < -0.39 is 29.8 Å². The van der Waals surface area contributed by atoms with Crippen LogP contribution in [0, 0.1) is 33.9 Å². The van der Waals surface area contributed by atoms with Crippen LogP contribution in [0.3, 0.4) is 0 Å². The Hall–Kier alpha value is -2.56. The molecule has 0 aromatic heterocycles. The van der Waals surface area contributed by atoms with Gasteiger partial charge in [0.25, 0.3) is 0 Å². The second-order valence-corrected chi connectivity index (χ2v) is 8.68. The zero-order chi connectivity index (χ0) is 30.4. The molecule has 4 atom stereocenters. The van der Waals surface area contributed by atoms with Gasteiger partial charge in [0, 0.05) is 39.6 Å². The fraction of sp³-hybridized carbons (Fsp3) is 0.840. The molecule has 8 N–H and O–H groups in total. The Morgan fingerprint density at radius 1 is 0.488 bits per heavy atom. The Morgan fingerprint density at radius 2 is 0.805 bits per heavy atom. The van der Waals surface area contributed by atoms with Crippen LogP contribution < -0.4 is 0 Å². The molecule has 0 amide bonds. The monoisotopic (exact) mass is 1110 g/mol. The first-order chi connectivity index (χ1) is 18.6. The van der Waals surface area contributed by atoms with Crippen molar-refractivity contribution in [1.29, 1.82) is 0 Å². The number of hydrogen-bond donors (Lipinski definition) is 8. The van der Waals surface area contributed by atoms with Gasteiger partial charge in [0.15, 0.2) is 0 Å². The van der Waals surface area contributed by atoms with Crippen molar-refractivity contribution in [3.63, 3.8) is 0 Å². The first-order valence-electron chi connectivity index (χ1n) is 12.4. The maximum absolute atomic E-state index is 9.26. The Balaban J connectivity index is -0.000000156. The fourth-order valence-electron chi connectivity index (χ4n) is 2.58. The van der Waals surface area contributed by atoms with Crippen LogP contribution in [0.1, 0.15) is 25.7 Å². The maximum Gasteiger partial charge on any atom is 0.0976 e. The first-order valence-corrected chi connectivity index (χ1v) is 12.4. The van der Waals surface area contributed by atoms with E-state index in [1.54, 1.807) is 0 Å². The summed E-state index contributed by atoms with van der Waals surface area (Å²) in [6.45, 7) is 0.789. The van der Waals surface area contributed by atoms with Crippen molar-refractivity contribution >= 4 is 0 Å². The SMILES string of the molecule is [CH2-]OCC(CO)(CO)CO[CH2-].[CH2-]OCC(O)COCC(O)CCCO.[CH2-]OCC(O)COCC(O)CCCO.[Rf].[Rf]. The summed E-state index contributed by atoms with van der Waals surface area (Å²) in [7, 11) is 12.5. The van der Waals surface area contributed by atoms with Gasteiger partial charge in [0.05, 0.1) is 69.5 Å². The molecule has 0 radical (unpaired) electrons. The maximum atomic E-state index is 9.26. The Labute approximate surface area is 233 Å². The van der Waals surface area contributed by atoms with E-state index in [1.165, 1.54) is 0 Å². The van der Waals surface area contributed by atoms with Crippen LogP contribution >= 0.6 is 0 Å². The number of aliphatic hydroxyl groups is 8. The molecule has 0 bridgehead atoms. The van der Waals surface area contributed by atoms with Crippen molar-refractivity contribution < 1.29 is 69.3 Å². The summed E-state index contributed by atoms with van der Waals surface area (Å²) < 4.78 is 28.1. The smallest absolute Gasteiger partial charge is 0.0976 e. The molecule has 0 aliphatic carbocycles. The Kier molecular flexibility index (Phi) is 41.7. The molecule has 0 aliphatic heterocycles. The normalized spacial score (nSPS) is 13.8. The van der Waals surface area contributed by atoms with E-state index in [2.05, 4.69) is 47.4 Å². The van der Waals surface area contributed by atoms with Gasteiger partial charge in [-0.15, -0.1) is 0 Å². The number of aliphatic hydroxyl groups excluding tert-OH is 8. The van der Waals surface area contributed by atoms with E-state index in [0.717, 1.165) is 0 Å². The summed E-state index contributed by atoms with van der Waals surface area (Å²) in [5.74, 6) is 0. The average Bonchev–Trinajstić information content (AvgIpc) is 2.91.